The fourth-order valence-electron chi connectivity index (χ4n) is 2.41. The average molecular weight is 276 g/mol. The minimum absolute atomic E-state index is 0.0111. The molecule has 1 aromatic carbocycles. The highest BCUT2D eigenvalue weighted by atomic mass is 16.5. The number of carbonyl (C=O) groups excluding carboxylic acids is 2. The lowest BCUT2D eigenvalue weighted by Gasteiger charge is -2.35. The van der Waals surface area contributed by atoms with Gasteiger partial charge in [-0.1, -0.05) is 30.3 Å². The van der Waals surface area contributed by atoms with Gasteiger partial charge in [0.1, 0.15) is 0 Å². The summed E-state index contributed by atoms with van der Waals surface area (Å²) in [4.78, 5) is 25.3. The average Bonchev–Trinajstić information content (AvgIpc) is 2.48. The van der Waals surface area contributed by atoms with Crippen molar-refractivity contribution >= 4 is 11.9 Å². The lowest BCUT2D eigenvalue weighted by atomic mass is 10.0. The van der Waals surface area contributed by atoms with Crippen molar-refractivity contribution in [2.24, 2.45) is 0 Å². The van der Waals surface area contributed by atoms with Crippen LogP contribution in [0.3, 0.4) is 0 Å². The molecule has 2 rings (SSSR count). The largest absolute Gasteiger partial charge is 0.459 e. The zero-order chi connectivity index (χ0) is 14.4. The van der Waals surface area contributed by atoms with Gasteiger partial charge < -0.3 is 15.0 Å². The standard InChI is InChI=1S/C15H20N2O3/c1-2-20-15(19)14(18)17-9-8-16-11-13(17)10-12-6-4-3-5-7-12/h3-7,13,16H,2,8-11H2,1H3. The van der Waals surface area contributed by atoms with Crippen LogP contribution in [-0.2, 0) is 20.7 Å². The number of amides is 1. The first-order chi connectivity index (χ1) is 9.72. The maximum Gasteiger partial charge on any atom is 0.397 e. The summed E-state index contributed by atoms with van der Waals surface area (Å²) in [6.07, 6.45) is 0.735. The van der Waals surface area contributed by atoms with E-state index >= 15 is 0 Å². The van der Waals surface area contributed by atoms with Crippen molar-refractivity contribution in [2.75, 3.05) is 26.2 Å². The lowest BCUT2D eigenvalue weighted by molar-refractivity contribution is -0.161. The third kappa shape index (κ3) is 3.57. The second-order valence-corrected chi connectivity index (χ2v) is 4.77. The van der Waals surface area contributed by atoms with Crippen LogP contribution in [0.25, 0.3) is 0 Å². The Hall–Kier alpha value is -1.88. The molecule has 0 spiro atoms. The quantitative estimate of drug-likeness (QED) is 0.648. The number of nitrogens with zero attached hydrogens (tertiary/aromatic N) is 1. The molecular weight excluding hydrogens is 256 g/mol. The van der Waals surface area contributed by atoms with Gasteiger partial charge in [-0.2, -0.15) is 0 Å². The van der Waals surface area contributed by atoms with Crippen molar-refractivity contribution in [3.05, 3.63) is 35.9 Å². The van der Waals surface area contributed by atoms with Crippen LogP contribution >= 0.6 is 0 Å². The van der Waals surface area contributed by atoms with E-state index in [1.54, 1.807) is 11.8 Å². The Balaban J connectivity index is 2.05. The van der Waals surface area contributed by atoms with Gasteiger partial charge in [0, 0.05) is 25.7 Å². The molecule has 1 heterocycles. The molecule has 0 aromatic heterocycles. The zero-order valence-electron chi connectivity index (χ0n) is 11.7. The molecule has 0 bridgehead atoms. The van der Waals surface area contributed by atoms with Crippen molar-refractivity contribution in [2.45, 2.75) is 19.4 Å². The van der Waals surface area contributed by atoms with Crippen molar-refractivity contribution in [1.82, 2.24) is 10.2 Å². The Kier molecular flexibility index (Phi) is 5.12. The molecule has 5 nitrogen and oxygen atoms in total. The van der Waals surface area contributed by atoms with Gasteiger partial charge in [-0.05, 0) is 18.9 Å². The molecular formula is C15H20N2O3. The molecule has 1 amide bonds. The van der Waals surface area contributed by atoms with Crippen molar-refractivity contribution in [1.29, 1.82) is 0 Å². The minimum Gasteiger partial charge on any atom is -0.459 e. The molecule has 20 heavy (non-hydrogen) atoms. The summed E-state index contributed by atoms with van der Waals surface area (Å²) >= 11 is 0. The first kappa shape index (κ1) is 14.5. The Morgan fingerprint density at radius 1 is 1.35 bits per heavy atom. The summed E-state index contributed by atoms with van der Waals surface area (Å²) in [5.41, 5.74) is 1.16. The Labute approximate surface area is 118 Å². The third-order valence-corrected chi connectivity index (χ3v) is 3.38. The first-order valence-electron chi connectivity index (χ1n) is 6.94. The summed E-state index contributed by atoms with van der Waals surface area (Å²) in [7, 11) is 0. The van der Waals surface area contributed by atoms with Gasteiger partial charge in [0.05, 0.1) is 6.61 Å². The van der Waals surface area contributed by atoms with Crippen LogP contribution in [0.5, 0.6) is 0 Å². The van der Waals surface area contributed by atoms with Crippen LogP contribution in [0, 0.1) is 0 Å². The number of esters is 1. The van der Waals surface area contributed by atoms with Crippen LogP contribution in [0.4, 0.5) is 0 Å². The Morgan fingerprint density at radius 2 is 2.10 bits per heavy atom. The molecule has 108 valence electrons. The first-order valence-corrected chi connectivity index (χ1v) is 6.94. The Morgan fingerprint density at radius 3 is 2.80 bits per heavy atom. The number of carbonyl (C=O) groups is 2. The topological polar surface area (TPSA) is 58.6 Å². The molecule has 1 unspecified atom stereocenters. The normalized spacial score (nSPS) is 18.6. The summed E-state index contributed by atoms with van der Waals surface area (Å²) in [5, 5.41) is 3.26. The lowest BCUT2D eigenvalue weighted by Crippen LogP contribution is -2.56. The number of hydrogen-bond acceptors (Lipinski definition) is 4. The number of piperazine rings is 1. The summed E-state index contributed by atoms with van der Waals surface area (Å²) in [6.45, 7) is 3.86. The molecule has 1 atom stereocenters. The highest BCUT2D eigenvalue weighted by molar-refractivity contribution is 6.32. The van der Waals surface area contributed by atoms with E-state index in [1.165, 1.54) is 0 Å². The second kappa shape index (κ2) is 7.05. The van der Waals surface area contributed by atoms with E-state index in [-0.39, 0.29) is 12.6 Å². The van der Waals surface area contributed by atoms with Crippen LogP contribution in [0.1, 0.15) is 12.5 Å². The van der Waals surface area contributed by atoms with E-state index in [2.05, 4.69) is 5.32 Å². The molecule has 0 aliphatic carbocycles. The smallest absolute Gasteiger partial charge is 0.397 e. The molecule has 1 N–H and O–H groups in total. The molecule has 1 fully saturated rings. The summed E-state index contributed by atoms with van der Waals surface area (Å²) < 4.78 is 4.80. The van der Waals surface area contributed by atoms with E-state index < -0.39 is 11.9 Å². The van der Waals surface area contributed by atoms with E-state index in [1.807, 2.05) is 30.3 Å². The number of benzene rings is 1. The SMILES string of the molecule is CCOC(=O)C(=O)N1CCNCC1Cc1ccccc1. The van der Waals surface area contributed by atoms with Crippen LogP contribution < -0.4 is 5.32 Å². The third-order valence-electron chi connectivity index (χ3n) is 3.38. The van der Waals surface area contributed by atoms with Crippen LogP contribution in [-0.4, -0.2) is 49.1 Å². The van der Waals surface area contributed by atoms with E-state index in [0.29, 0.717) is 19.6 Å². The zero-order valence-corrected chi connectivity index (χ0v) is 11.7. The van der Waals surface area contributed by atoms with Crippen molar-refractivity contribution in [3.63, 3.8) is 0 Å². The maximum atomic E-state index is 12.1. The maximum absolute atomic E-state index is 12.1. The van der Waals surface area contributed by atoms with E-state index in [0.717, 1.165) is 12.0 Å². The van der Waals surface area contributed by atoms with Gasteiger partial charge in [-0.25, -0.2) is 4.79 Å². The highest BCUT2D eigenvalue weighted by Gasteiger charge is 2.31. The number of nitrogens with one attached hydrogen (secondary N) is 1. The van der Waals surface area contributed by atoms with Gasteiger partial charge in [0.25, 0.3) is 0 Å². The fourth-order valence-corrected chi connectivity index (χ4v) is 2.41. The number of hydrogen-bond donors (Lipinski definition) is 1. The van der Waals surface area contributed by atoms with Crippen molar-refractivity contribution < 1.29 is 14.3 Å². The van der Waals surface area contributed by atoms with Crippen LogP contribution in [0.2, 0.25) is 0 Å². The van der Waals surface area contributed by atoms with E-state index in [9.17, 15) is 9.59 Å². The second-order valence-electron chi connectivity index (χ2n) is 4.77. The number of ether oxygens (including phenoxy) is 1. The summed E-state index contributed by atoms with van der Waals surface area (Å²) in [6, 6.07) is 9.96. The van der Waals surface area contributed by atoms with Gasteiger partial charge in [0.2, 0.25) is 0 Å². The van der Waals surface area contributed by atoms with Gasteiger partial charge in [-0.15, -0.1) is 0 Å². The van der Waals surface area contributed by atoms with Gasteiger partial charge in [0.15, 0.2) is 0 Å². The molecule has 1 aliphatic heterocycles. The predicted octanol–water partition coefficient (Wildman–Crippen LogP) is 0.593. The monoisotopic (exact) mass is 276 g/mol. The molecule has 1 saturated heterocycles. The molecule has 1 aromatic rings. The van der Waals surface area contributed by atoms with Gasteiger partial charge >= 0.3 is 11.9 Å². The molecule has 0 saturated carbocycles. The predicted molar refractivity (Wildman–Crippen MR) is 75.1 cm³/mol. The van der Waals surface area contributed by atoms with Gasteiger partial charge in [-0.3, -0.25) is 4.79 Å². The molecule has 5 heteroatoms. The summed E-state index contributed by atoms with van der Waals surface area (Å²) in [5.74, 6) is -1.29. The minimum atomic E-state index is -0.757. The van der Waals surface area contributed by atoms with Crippen LogP contribution in [0.15, 0.2) is 30.3 Å². The number of rotatable bonds is 3. The Bertz CT molecular complexity index is 461. The highest BCUT2D eigenvalue weighted by Crippen LogP contribution is 2.12. The molecule has 1 aliphatic rings. The van der Waals surface area contributed by atoms with E-state index in [4.69, 9.17) is 4.74 Å². The van der Waals surface area contributed by atoms with Crippen molar-refractivity contribution in [3.8, 4) is 0 Å². The molecule has 0 radical (unpaired) electrons. The fraction of sp³-hybridized carbons (Fsp3) is 0.467.